The Balaban J connectivity index is 1.32. The molecular formula is C22H21N5O. The molecule has 0 aliphatic heterocycles. The summed E-state index contributed by atoms with van der Waals surface area (Å²) in [5.41, 5.74) is 4.82. The van der Waals surface area contributed by atoms with Gasteiger partial charge in [0.15, 0.2) is 0 Å². The molecule has 0 saturated heterocycles. The molecule has 4 aromatic rings. The number of anilines is 2. The number of carbonyl (C=O) groups excluding carboxylic acids is 1. The third kappa shape index (κ3) is 4.01. The molecule has 2 aromatic heterocycles. The highest BCUT2D eigenvalue weighted by atomic mass is 16.1. The Morgan fingerprint density at radius 1 is 1.04 bits per heavy atom. The fourth-order valence-electron chi connectivity index (χ4n) is 3.03. The van der Waals surface area contributed by atoms with E-state index < -0.39 is 0 Å². The van der Waals surface area contributed by atoms with Gasteiger partial charge in [0.25, 0.3) is 5.91 Å². The smallest absolute Gasteiger partial charge is 0.254 e. The van der Waals surface area contributed by atoms with E-state index >= 15 is 0 Å². The van der Waals surface area contributed by atoms with Crippen LogP contribution in [-0.4, -0.2) is 27.4 Å². The van der Waals surface area contributed by atoms with Crippen LogP contribution in [0.5, 0.6) is 0 Å². The number of aryl methyl sites for hydroxylation is 1. The van der Waals surface area contributed by atoms with Crippen LogP contribution in [-0.2, 0) is 6.42 Å². The highest BCUT2D eigenvalue weighted by molar-refractivity contribution is 5.93. The molecule has 3 N–H and O–H groups in total. The number of rotatable bonds is 6. The number of aromatic amines is 1. The fraction of sp³-hybridized carbons (Fsp3) is 0.136. The van der Waals surface area contributed by atoms with Gasteiger partial charge in [0.1, 0.15) is 0 Å². The molecule has 4 rings (SSSR count). The summed E-state index contributed by atoms with van der Waals surface area (Å²) in [5, 5.41) is 7.23. The molecule has 2 heterocycles. The standard InChI is InChI=1S/C22H21N5O/c1-15-6-8-18(9-7-15)27-22-25-13-17(14-26-22)21(28)23-11-10-16-12-24-20-5-3-2-4-19(16)20/h2-9,12-14,24H,10-11H2,1H3,(H,23,28)(H,25,26,27). The number of fused-ring (bicyclic) bond motifs is 1. The Morgan fingerprint density at radius 3 is 2.57 bits per heavy atom. The van der Waals surface area contributed by atoms with Gasteiger partial charge in [-0.1, -0.05) is 35.9 Å². The van der Waals surface area contributed by atoms with Gasteiger partial charge in [0.05, 0.1) is 5.56 Å². The van der Waals surface area contributed by atoms with Crippen LogP contribution in [0.1, 0.15) is 21.5 Å². The van der Waals surface area contributed by atoms with Gasteiger partial charge in [-0.05, 0) is 37.1 Å². The van der Waals surface area contributed by atoms with E-state index in [9.17, 15) is 4.79 Å². The SMILES string of the molecule is Cc1ccc(Nc2ncc(C(=O)NCCc3c[nH]c4ccccc34)cn2)cc1. The normalized spacial score (nSPS) is 10.8. The van der Waals surface area contributed by atoms with Crippen LogP contribution in [0.2, 0.25) is 0 Å². The molecule has 0 saturated carbocycles. The molecule has 0 unspecified atom stereocenters. The van der Waals surface area contributed by atoms with E-state index in [0.717, 1.165) is 17.6 Å². The highest BCUT2D eigenvalue weighted by Crippen LogP contribution is 2.18. The van der Waals surface area contributed by atoms with E-state index in [0.29, 0.717) is 18.1 Å². The summed E-state index contributed by atoms with van der Waals surface area (Å²) in [6.07, 6.45) is 5.81. The summed E-state index contributed by atoms with van der Waals surface area (Å²) in [4.78, 5) is 24.0. The number of para-hydroxylation sites is 1. The third-order valence-electron chi connectivity index (χ3n) is 4.58. The number of hydrogen-bond acceptors (Lipinski definition) is 4. The summed E-state index contributed by atoms with van der Waals surface area (Å²) in [6.45, 7) is 2.58. The number of hydrogen-bond donors (Lipinski definition) is 3. The number of nitrogens with zero attached hydrogens (tertiary/aromatic N) is 2. The van der Waals surface area contributed by atoms with Gasteiger partial charge in [-0.25, -0.2) is 9.97 Å². The second kappa shape index (κ2) is 7.92. The summed E-state index contributed by atoms with van der Waals surface area (Å²) >= 11 is 0. The first kappa shape index (κ1) is 17.7. The molecule has 0 aliphatic rings. The molecular weight excluding hydrogens is 350 g/mol. The average molecular weight is 371 g/mol. The van der Waals surface area contributed by atoms with Crippen LogP contribution in [0.15, 0.2) is 67.1 Å². The molecule has 0 aliphatic carbocycles. The van der Waals surface area contributed by atoms with Crippen LogP contribution in [0, 0.1) is 6.92 Å². The lowest BCUT2D eigenvalue weighted by atomic mass is 10.1. The molecule has 2 aromatic carbocycles. The van der Waals surface area contributed by atoms with Gasteiger partial charge in [-0.2, -0.15) is 0 Å². The first-order valence-corrected chi connectivity index (χ1v) is 9.18. The Kier molecular flexibility index (Phi) is 5.01. The summed E-state index contributed by atoms with van der Waals surface area (Å²) < 4.78 is 0. The largest absolute Gasteiger partial charge is 0.361 e. The quantitative estimate of drug-likeness (QED) is 0.479. The summed E-state index contributed by atoms with van der Waals surface area (Å²) in [7, 11) is 0. The van der Waals surface area contributed by atoms with Gasteiger partial charge in [-0.3, -0.25) is 4.79 Å². The topological polar surface area (TPSA) is 82.7 Å². The van der Waals surface area contributed by atoms with Gasteiger partial charge >= 0.3 is 0 Å². The highest BCUT2D eigenvalue weighted by Gasteiger charge is 2.08. The van der Waals surface area contributed by atoms with Crippen molar-refractivity contribution in [2.45, 2.75) is 13.3 Å². The molecule has 6 heteroatoms. The monoisotopic (exact) mass is 371 g/mol. The lowest BCUT2D eigenvalue weighted by Crippen LogP contribution is -2.26. The third-order valence-corrected chi connectivity index (χ3v) is 4.58. The molecule has 140 valence electrons. The van der Waals surface area contributed by atoms with E-state index in [2.05, 4.69) is 31.7 Å². The number of nitrogens with one attached hydrogen (secondary N) is 3. The van der Waals surface area contributed by atoms with Crippen molar-refractivity contribution in [1.29, 1.82) is 0 Å². The number of amides is 1. The van der Waals surface area contributed by atoms with Crippen molar-refractivity contribution in [1.82, 2.24) is 20.3 Å². The molecule has 1 amide bonds. The van der Waals surface area contributed by atoms with E-state index in [4.69, 9.17) is 0 Å². The molecule has 0 atom stereocenters. The second-order valence-electron chi connectivity index (χ2n) is 6.65. The number of aromatic nitrogens is 3. The fourth-order valence-corrected chi connectivity index (χ4v) is 3.03. The zero-order chi connectivity index (χ0) is 19.3. The predicted molar refractivity (Wildman–Crippen MR) is 111 cm³/mol. The van der Waals surface area contributed by atoms with Crippen molar-refractivity contribution >= 4 is 28.4 Å². The Morgan fingerprint density at radius 2 is 1.79 bits per heavy atom. The van der Waals surface area contributed by atoms with Crippen molar-refractivity contribution in [3.8, 4) is 0 Å². The first-order valence-electron chi connectivity index (χ1n) is 9.18. The maximum absolute atomic E-state index is 12.3. The Bertz CT molecular complexity index is 1080. The molecule has 0 radical (unpaired) electrons. The van der Waals surface area contributed by atoms with Crippen molar-refractivity contribution in [3.05, 3.63) is 83.8 Å². The Hall–Kier alpha value is -3.67. The average Bonchev–Trinajstić information content (AvgIpc) is 3.13. The van der Waals surface area contributed by atoms with E-state index in [1.54, 1.807) is 0 Å². The number of carbonyl (C=O) groups is 1. The van der Waals surface area contributed by atoms with Crippen LogP contribution in [0.25, 0.3) is 10.9 Å². The van der Waals surface area contributed by atoms with Gasteiger partial charge in [-0.15, -0.1) is 0 Å². The second-order valence-corrected chi connectivity index (χ2v) is 6.65. The molecule has 0 spiro atoms. The lowest BCUT2D eigenvalue weighted by molar-refractivity contribution is 0.0953. The maximum atomic E-state index is 12.3. The maximum Gasteiger partial charge on any atom is 0.254 e. The minimum Gasteiger partial charge on any atom is -0.361 e. The molecule has 0 fully saturated rings. The van der Waals surface area contributed by atoms with E-state index in [1.807, 2.05) is 55.6 Å². The zero-order valence-electron chi connectivity index (χ0n) is 15.6. The van der Waals surface area contributed by atoms with Crippen molar-refractivity contribution < 1.29 is 4.79 Å². The van der Waals surface area contributed by atoms with Gasteiger partial charge < -0.3 is 15.6 Å². The van der Waals surface area contributed by atoms with Crippen molar-refractivity contribution in [3.63, 3.8) is 0 Å². The van der Waals surface area contributed by atoms with Crippen molar-refractivity contribution in [2.24, 2.45) is 0 Å². The van der Waals surface area contributed by atoms with Gasteiger partial charge in [0, 0.05) is 41.7 Å². The van der Waals surface area contributed by atoms with E-state index in [-0.39, 0.29) is 5.91 Å². The molecule has 28 heavy (non-hydrogen) atoms. The van der Waals surface area contributed by atoms with Crippen LogP contribution in [0.4, 0.5) is 11.6 Å². The minimum absolute atomic E-state index is 0.179. The predicted octanol–water partition coefficient (Wildman–Crippen LogP) is 3.98. The summed E-state index contributed by atoms with van der Waals surface area (Å²) in [6, 6.07) is 16.1. The lowest BCUT2D eigenvalue weighted by Gasteiger charge is -2.07. The minimum atomic E-state index is -0.179. The van der Waals surface area contributed by atoms with Crippen LogP contribution in [0.3, 0.4) is 0 Å². The molecule has 6 nitrogen and oxygen atoms in total. The number of benzene rings is 2. The molecule has 0 bridgehead atoms. The van der Waals surface area contributed by atoms with Crippen LogP contribution >= 0.6 is 0 Å². The van der Waals surface area contributed by atoms with Gasteiger partial charge in [0.2, 0.25) is 5.95 Å². The zero-order valence-corrected chi connectivity index (χ0v) is 15.6. The Labute approximate surface area is 163 Å². The first-order chi connectivity index (χ1) is 13.7. The summed E-state index contributed by atoms with van der Waals surface area (Å²) in [5.74, 6) is 0.279. The van der Waals surface area contributed by atoms with Crippen molar-refractivity contribution in [2.75, 3.05) is 11.9 Å². The number of H-pyrrole nitrogens is 1. The van der Waals surface area contributed by atoms with E-state index in [1.165, 1.54) is 28.9 Å². The van der Waals surface area contributed by atoms with Crippen LogP contribution < -0.4 is 10.6 Å².